The largest absolute Gasteiger partial charge is 0.472 e. The fourth-order valence-electron chi connectivity index (χ4n) is 2.22. The third-order valence-electron chi connectivity index (χ3n) is 3.88. The third kappa shape index (κ3) is 18.9. The summed E-state index contributed by atoms with van der Waals surface area (Å²) in [7, 11) is -4.48. The number of phosphoric acid groups is 1. The Morgan fingerprint density at radius 1 is 0.931 bits per heavy atom. The van der Waals surface area contributed by atoms with Gasteiger partial charge in [0.2, 0.25) is 0 Å². The van der Waals surface area contributed by atoms with Gasteiger partial charge in [-0.2, -0.15) is 0 Å². The van der Waals surface area contributed by atoms with Crippen LogP contribution in [0.5, 0.6) is 0 Å². The topological polar surface area (TPSA) is 143 Å². The van der Waals surface area contributed by atoms with Crippen LogP contribution >= 0.6 is 7.82 Å². The molecule has 0 spiro atoms. The zero-order valence-corrected chi connectivity index (χ0v) is 18.2. The average molecular weight is 440 g/mol. The number of aliphatic hydroxyl groups is 3. The molecule has 0 fully saturated rings. The molecule has 0 aromatic heterocycles. The molecule has 0 amide bonds. The first kappa shape index (κ1) is 28.2. The van der Waals surface area contributed by atoms with E-state index in [0.717, 1.165) is 38.5 Å². The van der Waals surface area contributed by atoms with Crippen molar-refractivity contribution < 1.29 is 43.4 Å². The van der Waals surface area contributed by atoms with Gasteiger partial charge in [-0.1, -0.05) is 44.8 Å². The number of esters is 1. The number of phosphoric ester groups is 1. The van der Waals surface area contributed by atoms with E-state index >= 15 is 0 Å². The maximum atomic E-state index is 11.6. The van der Waals surface area contributed by atoms with Crippen molar-refractivity contribution in [3.05, 3.63) is 12.2 Å². The fraction of sp³-hybridized carbons (Fsp3) is 0.842. The molecule has 0 heterocycles. The number of ether oxygens (including phenoxy) is 1. The Hall–Kier alpha value is -0.800. The van der Waals surface area contributed by atoms with E-state index in [-0.39, 0.29) is 13.0 Å². The minimum absolute atomic E-state index is 0.255. The zero-order chi connectivity index (χ0) is 22.0. The summed E-state index contributed by atoms with van der Waals surface area (Å²) in [6.07, 6.45) is 10.5. The molecule has 0 saturated heterocycles. The number of carbonyl (C=O) groups excluding carboxylic acids is 1. The molecule has 0 aliphatic carbocycles. The third-order valence-corrected chi connectivity index (χ3v) is 4.83. The molecule has 0 aromatic rings. The number of hydrogen-bond acceptors (Lipinski definition) is 8. The van der Waals surface area contributed by atoms with Crippen molar-refractivity contribution in [3.8, 4) is 0 Å². The highest BCUT2D eigenvalue weighted by Crippen LogP contribution is 2.43. The van der Waals surface area contributed by atoms with Gasteiger partial charge in [-0.05, 0) is 25.7 Å². The van der Waals surface area contributed by atoms with Gasteiger partial charge in [0.15, 0.2) is 0 Å². The molecule has 4 N–H and O–H groups in total. The van der Waals surface area contributed by atoms with Crippen LogP contribution in [0.25, 0.3) is 0 Å². The number of carbonyl (C=O) groups is 1. The Kier molecular flexibility index (Phi) is 17.5. The SMILES string of the molecule is CCC/C=C\CCCCCCCC(=O)OCC(O)COP(=O)(O)OCC(O)CO. The van der Waals surface area contributed by atoms with E-state index in [2.05, 4.69) is 28.1 Å². The summed E-state index contributed by atoms with van der Waals surface area (Å²) in [5.74, 6) is -0.443. The lowest BCUT2D eigenvalue weighted by Crippen LogP contribution is -2.24. The van der Waals surface area contributed by atoms with E-state index in [0.29, 0.717) is 6.42 Å². The van der Waals surface area contributed by atoms with Crippen molar-refractivity contribution in [2.45, 2.75) is 76.9 Å². The molecular formula is C19H37O9P. The first-order valence-electron chi connectivity index (χ1n) is 10.2. The number of unbranched alkanes of at least 4 members (excludes halogenated alkanes) is 6. The maximum Gasteiger partial charge on any atom is 0.472 e. The Labute approximate surface area is 173 Å². The highest BCUT2D eigenvalue weighted by molar-refractivity contribution is 7.47. The van der Waals surface area contributed by atoms with Crippen LogP contribution in [0.15, 0.2) is 12.2 Å². The quantitative estimate of drug-likeness (QED) is 0.103. The molecule has 9 nitrogen and oxygen atoms in total. The van der Waals surface area contributed by atoms with Gasteiger partial charge in [-0.25, -0.2) is 4.57 Å². The first-order chi connectivity index (χ1) is 13.8. The molecule has 0 aliphatic heterocycles. The lowest BCUT2D eigenvalue weighted by atomic mass is 10.1. The van der Waals surface area contributed by atoms with Crippen molar-refractivity contribution in [3.63, 3.8) is 0 Å². The second-order valence-electron chi connectivity index (χ2n) is 6.80. The molecule has 0 radical (unpaired) electrons. The summed E-state index contributed by atoms with van der Waals surface area (Å²) < 4.78 is 25.4. The summed E-state index contributed by atoms with van der Waals surface area (Å²) in [6, 6.07) is 0. The minimum atomic E-state index is -4.48. The molecule has 10 heteroatoms. The van der Waals surface area contributed by atoms with Crippen LogP contribution in [0.3, 0.4) is 0 Å². The number of aliphatic hydroxyl groups excluding tert-OH is 3. The first-order valence-corrected chi connectivity index (χ1v) is 11.7. The molecule has 0 rings (SSSR count). The number of hydrogen-bond donors (Lipinski definition) is 4. The van der Waals surface area contributed by atoms with E-state index in [1.54, 1.807) is 0 Å². The van der Waals surface area contributed by atoms with Crippen molar-refractivity contribution in [1.29, 1.82) is 0 Å². The molecule has 29 heavy (non-hydrogen) atoms. The summed E-state index contributed by atoms with van der Waals surface area (Å²) in [4.78, 5) is 21.0. The Morgan fingerprint density at radius 3 is 2.17 bits per heavy atom. The molecule has 0 saturated carbocycles. The Morgan fingerprint density at radius 2 is 1.52 bits per heavy atom. The standard InChI is InChI=1S/C19H37O9P/c1-2-3-4-5-6-7-8-9-10-11-12-19(23)26-14-18(22)16-28-29(24,25)27-15-17(21)13-20/h4-5,17-18,20-22H,2-3,6-16H2,1H3,(H,24,25)/b5-4-. The summed E-state index contributed by atoms with van der Waals surface area (Å²) in [5.41, 5.74) is 0. The van der Waals surface area contributed by atoms with E-state index in [1.165, 1.54) is 6.42 Å². The van der Waals surface area contributed by atoms with E-state index in [9.17, 15) is 19.4 Å². The van der Waals surface area contributed by atoms with Gasteiger partial charge in [0.05, 0.1) is 19.8 Å². The fourth-order valence-corrected chi connectivity index (χ4v) is 3.02. The highest BCUT2D eigenvalue weighted by atomic mass is 31.2. The van der Waals surface area contributed by atoms with E-state index < -0.39 is 45.8 Å². The van der Waals surface area contributed by atoms with Gasteiger partial charge in [0, 0.05) is 6.42 Å². The molecule has 3 unspecified atom stereocenters. The van der Waals surface area contributed by atoms with Crippen LogP contribution in [0.2, 0.25) is 0 Å². The van der Waals surface area contributed by atoms with Crippen molar-refractivity contribution in [1.82, 2.24) is 0 Å². The lowest BCUT2D eigenvalue weighted by molar-refractivity contribution is -0.147. The van der Waals surface area contributed by atoms with Crippen molar-refractivity contribution >= 4 is 13.8 Å². The van der Waals surface area contributed by atoms with Crippen LogP contribution in [0.1, 0.15) is 64.7 Å². The maximum absolute atomic E-state index is 11.6. The molecular weight excluding hydrogens is 403 g/mol. The predicted octanol–water partition coefficient (Wildman–Crippen LogP) is 2.46. The van der Waals surface area contributed by atoms with Crippen LogP contribution in [-0.2, 0) is 23.1 Å². The normalized spacial score (nSPS) is 15.9. The van der Waals surface area contributed by atoms with Gasteiger partial charge in [0.25, 0.3) is 0 Å². The average Bonchev–Trinajstić information content (AvgIpc) is 2.70. The Bertz CT molecular complexity index is 484. The minimum Gasteiger partial charge on any atom is -0.463 e. The van der Waals surface area contributed by atoms with E-state index in [4.69, 9.17) is 14.9 Å². The lowest BCUT2D eigenvalue weighted by Gasteiger charge is -2.16. The molecule has 0 aliphatic rings. The van der Waals surface area contributed by atoms with Gasteiger partial charge in [0.1, 0.15) is 18.8 Å². The number of rotatable bonds is 19. The Balaban J connectivity index is 3.67. The smallest absolute Gasteiger partial charge is 0.463 e. The van der Waals surface area contributed by atoms with Crippen molar-refractivity contribution in [2.75, 3.05) is 26.4 Å². The van der Waals surface area contributed by atoms with Gasteiger partial charge in [-0.15, -0.1) is 0 Å². The number of allylic oxidation sites excluding steroid dienone is 2. The van der Waals surface area contributed by atoms with Crippen LogP contribution in [-0.4, -0.2) is 64.8 Å². The monoisotopic (exact) mass is 440 g/mol. The molecule has 0 aromatic carbocycles. The van der Waals surface area contributed by atoms with Crippen molar-refractivity contribution in [2.24, 2.45) is 0 Å². The van der Waals surface area contributed by atoms with E-state index in [1.807, 2.05) is 0 Å². The molecule has 172 valence electrons. The summed E-state index contributed by atoms with van der Waals surface area (Å²) >= 11 is 0. The molecule has 3 atom stereocenters. The van der Waals surface area contributed by atoms with Crippen LogP contribution < -0.4 is 0 Å². The second kappa shape index (κ2) is 18.0. The van der Waals surface area contributed by atoms with Crippen LogP contribution in [0, 0.1) is 0 Å². The van der Waals surface area contributed by atoms with Gasteiger partial charge < -0.3 is 24.9 Å². The summed E-state index contributed by atoms with van der Waals surface area (Å²) in [6.45, 7) is -0.00751. The van der Waals surface area contributed by atoms with Gasteiger partial charge in [-0.3, -0.25) is 13.8 Å². The van der Waals surface area contributed by atoms with Gasteiger partial charge >= 0.3 is 13.8 Å². The van der Waals surface area contributed by atoms with Crippen LogP contribution in [0.4, 0.5) is 0 Å². The predicted molar refractivity (Wildman–Crippen MR) is 108 cm³/mol. The summed E-state index contributed by atoms with van der Waals surface area (Å²) in [5, 5.41) is 27.3. The molecule has 0 bridgehead atoms. The highest BCUT2D eigenvalue weighted by Gasteiger charge is 2.24. The second-order valence-corrected chi connectivity index (χ2v) is 8.25. The zero-order valence-electron chi connectivity index (χ0n) is 17.3.